The van der Waals surface area contributed by atoms with Gasteiger partial charge in [0.05, 0.1) is 5.92 Å². The second-order valence-electron chi connectivity index (χ2n) is 10.7. The van der Waals surface area contributed by atoms with Crippen LogP contribution in [0.3, 0.4) is 0 Å². The number of hydrogen-bond acceptors (Lipinski definition) is 9. The second-order valence-corrected chi connectivity index (χ2v) is 16.0. The topological polar surface area (TPSA) is 134 Å². The molecule has 2 rings (SSSR count). The molecule has 10 nitrogen and oxygen atoms in total. The zero-order valence-corrected chi connectivity index (χ0v) is 27.2. The van der Waals surface area contributed by atoms with E-state index in [1.165, 1.54) is 0 Å². The zero-order chi connectivity index (χ0) is 31.0. The minimum absolute atomic E-state index is 0.00204. The predicted molar refractivity (Wildman–Crippen MR) is 161 cm³/mol. The highest BCUT2D eigenvalue weighted by molar-refractivity contribution is 6.71. The molecule has 2 atom stereocenters. The van der Waals surface area contributed by atoms with E-state index < -0.39 is 54.0 Å². The third-order valence-electron chi connectivity index (χ3n) is 5.94. The van der Waals surface area contributed by atoms with Gasteiger partial charge in [0.1, 0.15) is 25.0 Å². The first kappa shape index (κ1) is 34.4. The van der Waals surface area contributed by atoms with Crippen LogP contribution in [0.25, 0.3) is 0 Å². The van der Waals surface area contributed by atoms with Crippen molar-refractivity contribution < 1.29 is 42.3 Å². The molecule has 2 aromatic carbocycles. The molecule has 2 aromatic rings. The van der Waals surface area contributed by atoms with Gasteiger partial charge in [0.2, 0.25) is 18.1 Å². The summed E-state index contributed by atoms with van der Waals surface area (Å²) < 4.78 is 21.3. The lowest BCUT2D eigenvalue weighted by molar-refractivity contribution is -0.148. The van der Waals surface area contributed by atoms with E-state index in [9.17, 15) is 24.0 Å². The molecule has 12 heteroatoms. The number of amides is 1. The lowest BCUT2D eigenvalue weighted by Gasteiger charge is -2.20. The summed E-state index contributed by atoms with van der Waals surface area (Å²) in [4.78, 5) is 63.1. The molecule has 0 heterocycles. The number of esters is 1. The average Bonchev–Trinajstić information content (AvgIpc) is 2.95. The Hall–Kier alpha value is -3.78. The molecule has 0 bridgehead atoms. The van der Waals surface area contributed by atoms with Crippen molar-refractivity contribution in [3.05, 3.63) is 71.8 Å². The average molecular weight is 616 g/mol. The van der Waals surface area contributed by atoms with E-state index in [0.29, 0.717) is 0 Å². The number of alkyl carbamates (subject to hydrolysis) is 1. The van der Waals surface area contributed by atoms with Crippen molar-refractivity contribution in [3.8, 4) is 0 Å². The Kier molecular flexibility index (Phi) is 14.7. The Balaban J connectivity index is 2.00. The number of Topliss-reactive ketones (excluding diaryl/α,β-unsaturated/α-hetero) is 1. The van der Waals surface area contributed by atoms with E-state index in [-0.39, 0.29) is 51.1 Å². The van der Waals surface area contributed by atoms with Crippen molar-refractivity contribution in [3.63, 3.8) is 0 Å². The molecule has 1 N–H and O–H groups in total. The third-order valence-corrected chi connectivity index (χ3v) is 7.35. The number of nitrogens with one attached hydrogen (secondary N) is 1. The Labute approximate surface area is 250 Å². The van der Waals surface area contributed by atoms with E-state index in [4.69, 9.17) is 18.3 Å². The van der Waals surface area contributed by atoms with Crippen molar-refractivity contribution >= 4 is 47.9 Å². The maximum absolute atomic E-state index is 12.9. The van der Waals surface area contributed by atoms with Crippen LogP contribution in [-0.2, 0) is 50.7 Å². The van der Waals surface area contributed by atoms with Gasteiger partial charge in [-0.1, -0.05) is 60.7 Å². The van der Waals surface area contributed by atoms with Gasteiger partial charge in [0, 0.05) is 19.3 Å². The number of ether oxygens (including phenoxy) is 2. The van der Waals surface area contributed by atoms with Crippen molar-refractivity contribution in [2.45, 2.75) is 77.5 Å². The molecule has 0 saturated carbocycles. The highest BCUT2D eigenvalue weighted by Crippen LogP contribution is 2.18. The summed E-state index contributed by atoms with van der Waals surface area (Å²) in [6.07, 6.45) is -1.05. The summed E-state index contributed by atoms with van der Waals surface area (Å²) >= 11 is 0. The van der Waals surface area contributed by atoms with Crippen molar-refractivity contribution in [2.75, 3.05) is 0 Å². The number of benzene rings is 2. The highest BCUT2D eigenvalue weighted by atomic mass is 28.4. The summed E-state index contributed by atoms with van der Waals surface area (Å²) in [5.41, 5.74) is 1.54. The molecule has 0 fully saturated rings. The highest BCUT2D eigenvalue weighted by Gasteiger charge is 2.28. The first-order valence-electron chi connectivity index (χ1n) is 14.0. The molecule has 0 radical (unpaired) electrons. The normalized spacial score (nSPS) is 12.7. The standard InChI is InChI=1S/C30H41NO9Si2/c1-41-39-28(34)24(15-18-27(33)40-42(2,3)4)19-25(32)16-17-26(29(35)37-20-22-11-7-5-8-12-22)31-30(36)38-21-23-13-9-6-10-14-23/h5-14,24,26H,15-21,41H2,1-4H3,(H,31,36)/t24-,26-/m0/s1. The monoisotopic (exact) mass is 615 g/mol. The quantitative estimate of drug-likeness (QED) is 0.205. The maximum atomic E-state index is 12.9. The van der Waals surface area contributed by atoms with Gasteiger partial charge < -0.3 is 23.6 Å². The van der Waals surface area contributed by atoms with Gasteiger partial charge >= 0.3 is 12.1 Å². The Morgan fingerprint density at radius 1 is 0.786 bits per heavy atom. The second kappa shape index (κ2) is 17.9. The molecule has 228 valence electrons. The maximum Gasteiger partial charge on any atom is 0.408 e. The Bertz CT molecular complexity index is 1170. The van der Waals surface area contributed by atoms with Crippen LogP contribution >= 0.6 is 0 Å². The number of ketones is 1. The van der Waals surface area contributed by atoms with E-state index in [1.54, 1.807) is 30.8 Å². The van der Waals surface area contributed by atoms with Crippen LogP contribution in [0.2, 0.25) is 26.2 Å². The van der Waals surface area contributed by atoms with Crippen molar-refractivity contribution in [1.82, 2.24) is 5.32 Å². The molecule has 0 aliphatic rings. The molecule has 0 aliphatic carbocycles. The van der Waals surface area contributed by atoms with Crippen LogP contribution in [0.15, 0.2) is 60.7 Å². The van der Waals surface area contributed by atoms with Crippen LogP contribution in [0.1, 0.15) is 43.2 Å². The minimum Gasteiger partial charge on any atom is -0.525 e. The largest absolute Gasteiger partial charge is 0.525 e. The molecule has 0 aromatic heterocycles. The van der Waals surface area contributed by atoms with Gasteiger partial charge in [0.25, 0.3) is 11.9 Å². The summed E-state index contributed by atoms with van der Waals surface area (Å²) in [5.74, 6) is -2.75. The van der Waals surface area contributed by atoms with Crippen LogP contribution in [-0.4, -0.2) is 53.9 Å². The third kappa shape index (κ3) is 14.2. The molecule has 1 amide bonds. The fraction of sp³-hybridized carbons (Fsp3) is 0.433. The van der Waals surface area contributed by atoms with Gasteiger partial charge in [0.15, 0.2) is 0 Å². The fourth-order valence-electron chi connectivity index (χ4n) is 3.92. The Morgan fingerprint density at radius 2 is 1.36 bits per heavy atom. The summed E-state index contributed by atoms with van der Waals surface area (Å²) in [5, 5.41) is 2.51. The van der Waals surface area contributed by atoms with E-state index >= 15 is 0 Å². The number of hydrogen-bond donors (Lipinski definition) is 1. The van der Waals surface area contributed by atoms with Crippen LogP contribution in [0.4, 0.5) is 4.79 Å². The molecule has 0 spiro atoms. The van der Waals surface area contributed by atoms with Crippen LogP contribution in [0, 0.1) is 5.92 Å². The molecular formula is C30H41NO9Si2. The lowest BCUT2D eigenvalue weighted by atomic mass is 9.94. The van der Waals surface area contributed by atoms with Crippen molar-refractivity contribution in [1.29, 1.82) is 0 Å². The first-order valence-corrected chi connectivity index (χ1v) is 19.4. The van der Waals surface area contributed by atoms with Gasteiger partial charge in [-0.2, -0.15) is 0 Å². The summed E-state index contributed by atoms with van der Waals surface area (Å²) in [7, 11) is -3.15. The summed E-state index contributed by atoms with van der Waals surface area (Å²) in [6, 6.07) is 17.0. The zero-order valence-electron chi connectivity index (χ0n) is 24.8. The van der Waals surface area contributed by atoms with Crippen LogP contribution < -0.4 is 5.32 Å². The number of carbonyl (C=O) groups is 5. The molecule has 0 saturated heterocycles. The Morgan fingerprint density at radius 3 is 1.90 bits per heavy atom. The van der Waals surface area contributed by atoms with Gasteiger partial charge in [-0.25, -0.2) is 9.59 Å². The molecule has 0 aliphatic heterocycles. The van der Waals surface area contributed by atoms with Gasteiger partial charge in [-0.05, 0) is 50.2 Å². The number of carbonyl (C=O) groups excluding carboxylic acids is 5. The fourth-order valence-corrected chi connectivity index (χ4v) is 5.22. The molecule has 42 heavy (non-hydrogen) atoms. The van der Waals surface area contributed by atoms with E-state index in [1.807, 2.05) is 56.0 Å². The van der Waals surface area contributed by atoms with E-state index in [0.717, 1.165) is 11.1 Å². The first-order chi connectivity index (χ1) is 20.0. The SMILES string of the molecule is C[SiH2]OC(=O)[C@@H](CCC(=O)O[Si](C)(C)C)CC(=O)CC[C@H](NC(=O)OCc1ccccc1)C(=O)OCc1ccccc1. The molecule has 0 unspecified atom stereocenters. The predicted octanol–water partition coefficient (Wildman–Crippen LogP) is 4.21. The van der Waals surface area contributed by atoms with Gasteiger partial charge in [-0.3, -0.25) is 14.4 Å². The van der Waals surface area contributed by atoms with E-state index in [2.05, 4.69) is 5.32 Å². The smallest absolute Gasteiger partial charge is 0.408 e. The number of rotatable bonds is 17. The van der Waals surface area contributed by atoms with Gasteiger partial charge in [-0.15, -0.1) is 0 Å². The lowest BCUT2D eigenvalue weighted by Crippen LogP contribution is -2.42. The van der Waals surface area contributed by atoms with Crippen molar-refractivity contribution in [2.24, 2.45) is 5.92 Å². The molecular weight excluding hydrogens is 575 g/mol. The summed E-state index contributed by atoms with van der Waals surface area (Å²) in [6.45, 7) is 7.45. The minimum atomic E-state index is -2.08. The van der Waals surface area contributed by atoms with Crippen LogP contribution in [0.5, 0.6) is 0 Å².